The highest BCUT2D eigenvalue weighted by Crippen LogP contribution is 2.47. The Morgan fingerprint density at radius 3 is 1.47 bits per heavy atom. The monoisotopic (exact) mass is 871 g/mol. The topological polar surface area (TPSA) is 141 Å². The molecule has 3 heterocycles. The average molecular weight is 872 g/mol. The number of amides is 1. The van der Waals surface area contributed by atoms with Crippen LogP contribution < -0.4 is 10.9 Å². The largest absolute Gasteiger partial charge is 0.386 e. The molecule has 2 aromatic heterocycles. The molecule has 0 unspecified atom stereocenters. The minimum Gasteiger partial charge on any atom is -0.386 e. The third-order valence-corrected chi connectivity index (χ3v) is 12.1. The Morgan fingerprint density at radius 2 is 1.03 bits per heavy atom. The second-order valence-corrected chi connectivity index (χ2v) is 16.1. The maximum absolute atomic E-state index is 13.6. The van der Waals surface area contributed by atoms with Crippen molar-refractivity contribution in [3.8, 4) is 0 Å². The van der Waals surface area contributed by atoms with Crippen LogP contribution in [0.2, 0.25) is 0 Å². The van der Waals surface area contributed by atoms with Gasteiger partial charge in [0, 0.05) is 5.56 Å². The molecule has 0 spiro atoms. The van der Waals surface area contributed by atoms with Crippen molar-refractivity contribution in [2.75, 3.05) is 11.9 Å². The number of carbonyl (C=O) groups excluding carboxylic acids is 1. The number of nitrogens with one attached hydrogen (secondary N) is 2. The van der Waals surface area contributed by atoms with Crippen LogP contribution in [0.4, 0.5) is 5.95 Å². The number of imidazole rings is 1. The van der Waals surface area contributed by atoms with Crippen molar-refractivity contribution < 1.29 is 24.1 Å². The molecular formula is C55H45N5O6. The highest BCUT2D eigenvalue weighted by molar-refractivity contribution is 6.03. The lowest BCUT2D eigenvalue weighted by Gasteiger charge is -2.41. The molecule has 1 fully saturated rings. The number of hydrogen-bond donors (Lipinski definition) is 3. The molecule has 1 aliphatic heterocycles. The lowest BCUT2D eigenvalue weighted by Crippen LogP contribution is -2.46. The molecule has 11 heteroatoms. The van der Waals surface area contributed by atoms with Gasteiger partial charge in [-0.15, -0.1) is 0 Å². The summed E-state index contributed by atoms with van der Waals surface area (Å²) in [6.45, 7) is -0.0790. The number of nitrogens with zero attached hydrogens (tertiary/aromatic N) is 3. The predicted molar refractivity (Wildman–Crippen MR) is 252 cm³/mol. The quantitative estimate of drug-likeness (QED) is 0.0921. The number of ether oxygens (including phenoxy) is 3. The molecule has 3 N–H and O–H groups in total. The summed E-state index contributed by atoms with van der Waals surface area (Å²) < 4.78 is 23.5. The average Bonchev–Trinajstić information content (AvgIpc) is 3.95. The molecule has 7 aromatic carbocycles. The molecule has 11 nitrogen and oxygen atoms in total. The fraction of sp³-hybridized carbons (Fsp3) is 0.127. The van der Waals surface area contributed by atoms with Crippen LogP contribution in [0, 0.1) is 0 Å². The summed E-state index contributed by atoms with van der Waals surface area (Å²) in [5, 5.41) is 15.6. The maximum Gasteiger partial charge on any atom is 0.280 e. The first-order valence-electron chi connectivity index (χ1n) is 21.8. The Kier molecular flexibility index (Phi) is 11.7. The summed E-state index contributed by atoms with van der Waals surface area (Å²) in [4.78, 5) is 38.5. The highest BCUT2D eigenvalue weighted by Gasteiger charge is 2.52. The molecule has 66 heavy (non-hydrogen) atoms. The minimum atomic E-state index is -1.39. The summed E-state index contributed by atoms with van der Waals surface area (Å²) in [6, 6.07) is 68.4. The van der Waals surface area contributed by atoms with Crippen LogP contribution >= 0.6 is 0 Å². The van der Waals surface area contributed by atoms with Gasteiger partial charge < -0.3 is 19.3 Å². The van der Waals surface area contributed by atoms with Crippen LogP contribution in [0.5, 0.6) is 0 Å². The Morgan fingerprint density at radius 1 is 0.621 bits per heavy atom. The lowest BCUT2D eigenvalue weighted by molar-refractivity contribution is -0.131. The van der Waals surface area contributed by atoms with Crippen LogP contribution in [-0.2, 0) is 25.4 Å². The Bertz CT molecular complexity index is 2890. The van der Waals surface area contributed by atoms with E-state index in [1.165, 1.54) is 10.9 Å². The molecule has 0 bridgehead atoms. The third kappa shape index (κ3) is 7.80. The third-order valence-electron chi connectivity index (χ3n) is 12.1. The van der Waals surface area contributed by atoms with Gasteiger partial charge in [-0.25, -0.2) is 4.98 Å². The van der Waals surface area contributed by atoms with E-state index in [0.29, 0.717) is 5.56 Å². The van der Waals surface area contributed by atoms with E-state index in [0.717, 1.165) is 33.4 Å². The number of carbonyl (C=O) groups is 1. The van der Waals surface area contributed by atoms with E-state index in [-0.39, 0.29) is 23.7 Å². The van der Waals surface area contributed by atoms with E-state index in [4.69, 9.17) is 14.2 Å². The molecule has 1 amide bonds. The van der Waals surface area contributed by atoms with E-state index >= 15 is 0 Å². The van der Waals surface area contributed by atoms with Gasteiger partial charge in [0.05, 0.1) is 12.9 Å². The number of aliphatic hydroxyl groups is 1. The summed E-state index contributed by atoms with van der Waals surface area (Å²) in [5.74, 6) is -0.567. The smallest absolute Gasteiger partial charge is 0.280 e. The van der Waals surface area contributed by atoms with Gasteiger partial charge in [-0.1, -0.05) is 200 Å². The van der Waals surface area contributed by atoms with Gasteiger partial charge in [-0.2, -0.15) is 4.98 Å². The van der Waals surface area contributed by atoms with Crippen molar-refractivity contribution in [2.45, 2.75) is 35.7 Å². The van der Waals surface area contributed by atoms with Crippen molar-refractivity contribution in [3.05, 3.63) is 268 Å². The van der Waals surface area contributed by atoms with Crippen molar-refractivity contribution in [3.63, 3.8) is 0 Å². The number of fused-ring (bicyclic) bond motifs is 1. The molecule has 10 rings (SSSR count). The number of anilines is 1. The Hall–Kier alpha value is -7.80. The first-order chi connectivity index (χ1) is 32.5. The fourth-order valence-electron chi connectivity index (χ4n) is 9.07. The standard InChI is InChI=1S/C55H45N5O6/c61-47-48(66-55(42-30-16-5-17-31-42,43-32-18-6-19-33-43)44-34-20-7-21-35-44)45(36-64-54(39-24-10-2-11-25-39,40-26-12-3-13-27-40)41-28-14-4-15-29-41)65-52(47)60-37-56-46-49(60)57-53(59-51(46)63)58-50(62)38-22-8-1-9-23-38/h1-35,37,45,47-48,52,61H,36H2,(H2,57,58,59,62,63)/t45-,47-,48-,52-/m1/s1. The molecule has 4 atom stereocenters. The molecule has 0 aliphatic carbocycles. The normalized spacial score (nSPS) is 17.4. The summed E-state index contributed by atoms with van der Waals surface area (Å²) in [5.41, 5.74) is 2.58. The van der Waals surface area contributed by atoms with E-state index in [9.17, 15) is 14.7 Å². The van der Waals surface area contributed by atoms with Crippen LogP contribution in [0.15, 0.2) is 223 Å². The van der Waals surface area contributed by atoms with Gasteiger partial charge in [0.2, 0.25) is 5.95 Å². The zero-order chi connectivity index (χ0) is 44.9. The van der Waals surface area contributed by atoms with Gasteiger partial charge in [-0.3, -0.25) is 24.5 Å². The van der Waals surface area contributed by atoms with Gasteiger partial charge in [0.15, 0.2) is 17.4 Å². The number of hydrogen-bond acceptors (Lipinski definition) is 8. The fourth-order valence-corrected chi connectivity index (χ4v) is 9.07. The van der Waals surface area contributed by atoms with Gasteiger partial charge in [0.1, 0.15) is 29.5 Å². The molecule has 0 radical (unpaired) electrons. The number of benzene rings is 7. The van der Waals surface area contributed by atoms with Crippen molar-refractivity contribution in [1.82, 2.24) is 19.5 Å². The van der Waals surface area contributed by atoms with E-state index in [1.54, 1.807) is 30.3 Å². The lowest BCUT2D eigenvalue weighted by atomic mass is 9.79. The molecule has 326 valence electrons. The Labute approximate surface area is 381 Å². The Balaban J connectivity index is 1.12. The van der Waals surface area contributed by atoms with Crippen LogP contribution in [0.3, 0.4) is 0 Å². The minimum absolute atomic E-state index is 0.0101. The molecule has 1 saturated heterocycles. The number of rotatable bonds is 14. The van der Waals surface area contributed by atoms with E-state index in [1.807, 2.05) is 182 Å². The van der Waals surface area contributed by atoms with Gasteiger partial charge >= 0.3 is 0 Å². The van der Waals surface area contributed by atoms with E-state index in [2.05, 4.69) is 20.3 Å². The second kappa shape index (κ2) is 18.4. The van der Waals surface area contributed by atoms with Crippen LogP contribution in [0.25, 0.3) is 11.2 Å². The summed E-state index contributed by atoms with van der Waals surface area (Å²) >= 11 is 0. The van der Waals surface area contributed by atoms with Crippen molar-refractivity contribution in [1.29, 1.82) is 0 Å². The number of aliphatic hydroxyl groups excluding tert-OH is 1. The van der Waals surface area contributed by atoms with Gasteiger partial charge in [0.25, 0.3) is 11.5 Å². The first-order valence-corrected chi connectivity index (χ1v) is 21.8. The zero-order valence-electron chi connectivity index (χ0n) is 35.6. The zero-order valence-corrected chi connectivity index (χ0v) is 35.6. The number of aromatic amines is 1. The molecule has 1 aliphatic rings. The second-order valence-electron chi connectivity index (χ2n) is 16.1. The maximum atomic E-state index is 13.6. The molecule has 9 aromatic rings. The van der Waals surface area contributed by atoms with E-state index < -0.39 is 47.2 Å². The summed E-state index contributed by atoms with van der Waals surface area (Å²) in [7, 11) is 0. The van der Waals surface area contributed by atoms with Crippen molar-refractivity contribution >= 4 is 23.0 Å². The number of aromatic nitrogens is 4. The highest BCUT2D eigenvalue weighted by atomic mass is 16.6. The first kappa shape index (κ1) is 42.2. The van der Waals surface area contributed by atoms with Crippen molar-refractivity contribution in [2.24, 2.45) is 0 Å². The summed E-state index contributed by atoms with van der Waals surface area (Å²) in [6.07, 6.45) is -3.22. The predicted octanol–water partition coefficient (Wildman–Crippen LogP) is 9.02. The van der Waals surface area contributed by atoms with Crippen LogP contribution in [-0.4, -0.2) is 55.5 Å². The molecule has 0 saturated carbocycles. The van der Waals surface area contributed by atoms with Crippen LogP contribution in [0.1, 0.15) is 50.0 Å². The number of H-pyrrole nitrogens is 1. The molecular weight excluding hydrogens is 827 g/mol. The SMILES string of the molecule is O=C(Nc1nc2c(ncn2[C@@H]2O[C@H](COC(c3ccccc3)(c3ccccc3)c3ccccc3)[C@@H](OC(c3ccccc3)(c3ccccc3)c3ccccc3)[C@H]2O)c(=O)[nH]1)c1ccccc1. The van der Waals surface area contributed by atoms with Gasteiger partial charge in [-0.05, 0) is 45.5 Å².